The van der Waals surface area contributed by atoms with Crippen LogP contribution in [0.5, 0.6) is 0 Å². The highest BCUT2D eigenvalue weighted by atomic mass is 16.3. The van der Waals surface area contributed by atoms with Crippen molar-refractivity contribution >= 4 is 16.7 Å². The van der Waals surface area contributed by atoms with E-state index in [9.17, 15) is 5.11 Å². The van der Waals surface area contributed by atoms with Crippen molar-refractivity contribution in [3.63, 3.8) is 0 Å². The zero-order valence-electron chi connectivity index (χ0n) is 11.7. The summed E-state index contributed by atoms with van der Waals surface area (Å²) in [6.45, 7) is 2.19. The molecule has 0 aromatic carbocycles. The molecule has 2 N–H and O–H groups in total. The minimum Gasteiger partial charge on any atom is -0.387 e. The molecule has 2 aromatic heterocycles. The molecule has 3 heterocycles. The van der Waals surface area contributed by atoms with E-state index in [-0.39, 0.29) is 0 Å². The molecule has 1 unspecified atom stereocenters. The van der Waals surface area contributed by atoms with E-state index >= 15 is 0 Å². The van der Waals surface area contributed by atoms with Crippen LogP contribution in [-0.2, 0) is 0 Å². The van der Waals surface area contributed by atoms with E-state index in [4.69, 9.17) is 0 Å². The fourth-order valence-corrected chi connectivity index (χ4v) is 3.01. The third-order valence-corrected chi connectivity index (χ3v) is 3.88. The summed E-state index contributed by atoms with van der Waals surface area (Å²) in [5.41, 5.74) is 2.19. The fraction of sp³-hybridized carbons (Fsp3) is 0.467. The smallest absolute Gasteiger partial charge is 0.112 e. The second-order valence-electron chi connectivity index (χ2n) is 5.48. The molecule has 1 aliphatic rings. The van der Waals surface area contributed by atoms with Gasteiger partial charge in [-0.05, 0) is 38.1 Å². The number of likely N-dealkylation sites (N-methyl/N-ethyl adjacent to an activating group) is 1. The molecule has 0 radical (unpaired) electrons. The predicted octanol–water partition coefficient (Wildman–Crippen LogP) is 1.18. The average molecular weight is 272 g/mol. The standard InChI is InChI=1S/C15H20N4O/c1-16-10-15(20)6-3-9-19(11-15)13-5-8-17-12-4-2-7-18-14(12)13/h2,4-5,7-8,16,20H,3,6,9-11H2,1H3. The first-order valence-electron chi connectivity index (χ1n) is 7.03. The summed E-state index contributed by atoms with van der Waals surface area (Å²) in [6.07, 6.45) is 5.41. The highest BCUT2D eigenvalue weighted by Gasteiger charge is 2.33. The second kappa shape index (κ2) is 5.34. The van der Waals surface area contributed by atoms with Gasteiger partial charge in [-0.15, -0.1) is 0 Å². The molecule has 0 spiro atoms. The summed E-state index contributed by atoms with van der Waals surface area (Å²) in [6, 6.07) is 5.85. The lowest BCUT2D eigenvalue weighted by molar-refractivity contribution is 0.0282. The van der Waals surface area contributed by atoms with E-state index in [2.05, 4.69) is 20.2 Å². The van der Waals surface area contributed by atoms with Crippen LogP contribution in [0, 0.1) is 0 Å². The van der Waals surface area contributed by atoms with Gasteiger partial charge < -0.3 is 15.3 Å². The van der Waals surface area contributed by atoms with Gasteiger partial charge in [0.25, 0.3) is 0 Å². The predicted molar refractivity (Wildman–Crippen MR) is 79.9 cm³/mol. The number of piperidine rings is 1. The number of aromatic nitrogens is 2. The van der Waals surface area contributed by atoms with E-state index in [1.54, 1.807) is 6.20 Å². The molecule has 1 fully saturated rings. The molecule has 1 saturated heterocycles. The van der Waals surface area contributed by atoms with Gasteiger partial charge in [-0.2, -0.15) is 0 Å². The summed E-state index contributed by atoms with van der Waals surface area (Å²) in [4.78, 5) is 11.0. The molecule has 0 saturated carbocycles. The SMILES string of the molecule is CNCC1(O)CCCN(c2ccnc3cccnc23)C1. The maximum absolute atomic E-state index is 10.6. The summed E-state index contributed by atoms with van der Waals surface area (Å²) in [5, 5.41) is 13.7. The van der Waals surface area contributed by atoms with Gasteiger partial charge in [0, 0.05) is 32.0 Å². The Hall–Kier alpha value is -1.72. The number of rotatable bonds is 3. The first kappa shape index (κ1) is 13.3. The topological polar surface area (TPSA) is 61.3 Å². The first-order chi connectivity index (χ1) is 9.72. The third-order valence-electron chi connectivity index (χ3n) is 3.88. The number of nitrogens with zero attached hydrogens (tertiary/aromatic N) is 3. The molecule has 3 rings (SSSR count). The molecule has 5 heteroatoms. The Labute approximate surface area is 118 Å². The molecule has 20 heavy (non-hydrogen) atoms. The number of hydrogen-bond donors (Lipinski definition) is 2. The normalized spacial score (nSPS) is 23.2. The monoisotopic (exact) mass is 272 g/mol. The van der Waals surface area contributed by atoms with Crippen LogP contribution < -0.4 is 10.2 Å². The lowest BCUT2D eigenvalue weighted by atomic mass is 9.92. The molecule has 1 atom stereocenters. The van der Waals surface area contributed by atoms with Crippen LogP contribution in [0.2, 0.25) is 0 Å². The Morgan fingerprint density at radius 3 is 3.10 bits per heavy atom. The van der Waals surface area contributed by atoms with Crippen molar-refractivity contribution in [3.8, 4) is 0 Å². The van der Waals surface area contributed by atoms with Crippen LogP contribution in [0.25, 0.3) is 11.0 Å². The van der Waals surface area contributed by atoms with E-state index < -0.39 is 5.60 Å². The molecule has 0 aliphatic carbocycles. The molecule has 1 aliphatic heterocycles. The van der Waals surface area contributed by atoms with Crippen molar-refractivity contribution < 1.29 is 5.11 Å². The minimum absolute atomic E-state index is 0.611. The number of nitrogens with one attached hydrogen (secondary N) is 1. The summed E-state index contributed by atoms with van der Waals surface area (Å²) >= 11 is 0. The maximum atomic E-state index is 10.6. The number of hydrogen-bond acceptors (Lipinski definition) is 5. The summed E-state index contributed by atoms with van der Waals surface area (Å²) < 4.78 is 0. The first-order valence-corrected chi connectivity index (χ1v) is 7.03. The summed E-state index contributed by atoms with van der Waals surface area (Å²) in [7, 11) is 1.88. The molecular weight excluding hydrogens is 252 g/mol. The van der Waals surface area contributed by atoms with Crippen molar-refractivity contribution in [2.75, 3.05) is 31.6 Å². The average Bonchev–Trinajstić information content (AvgIpc) is 2.46. The molecule has 0 bridgehead atoms. The fourth-order valence-electron chi connectivity index (χ4n) is 3.01. The zero-order valence-corrected chi connectivity index (χ0v) is 11.7. The van der Waals surface area contributed by atoms with Crippen LogP contribution in [0.1, 0.15) is 12.8 Å². The molecule has 5 nitrogen and oxygen atoms in total. The van der Waals surface area contributed by atoms with Crippen LogP contribution in [0.4, 0.5) is 5.69 Å². The van der Waals surface area contributed by atoms with E-state index in [0.29, 0.717) is 13.1 Å². The van der Waals surface area contributed by atoms with Crippen molar-refractivity contribution in [1.82, 2.24) is 15.3 Å². The second-order valence-corrected chi connectivity index (χ2v) is 5.48. The minimum atomic E-state index is -0.669. The van der Waals surface area contributed by atoms with Gasteiger partial charge in [-0.1, -0.05) is 0 Å². The number of β-amino-alcohol motifs (C(OH)–C–C–N with tert-alkyl or cyclic N) is 1. The molecule has 2 aromatic rings. The Morgan fingerprint density at radius 1 is 1.35 bits per heavy atom. The maximum Gasteiger partial charge on any atom is 0.112 e. The van der Waals surface area contributed by atoms with Gasteiger partial charge in [0.05, 0.1) is 16.8 Å². The Kier molecular flexibility index (Phi) is 3.54. The van der Waals surface area contributed by atoms with Gasteiger partial charge in [0.15, 0.2) is 0 Å². The third kappa shape index (κ3) is 2.46. The van der Waals surface area contributed by atoms with Crippen LogP contribution >= 0.6 is 0 Å². The Balaban J connectivity index is 1.94. The Bertz CT molecular complexity index is 594. The van der Waals surface area contributed by atoms with Gasteiger partial charge in [0.1, 0.15) is 5.52 Å². The van der Waals surface area contributed by atoms with Crippen molar-refractivity contribution in [2.45, 2.75) is 18.4 Å². The summed E-state index contributed by atoms with van der Waals surface area (Å²) in [5.74, 6) is 0. The highest BCUT2D eigenvalue weighted by Crippen LogP contribution is 2.29. The van der Waals surface area contributed by atoms with Gasteiger partial charge >= 0.3 is 0 Å². The lowest BCUT2D eigenvalue weighted by Crippen LogP contribution is -2.53. The van der Waals surface area contributed by atoms with Crippen LogP contribution in [0.3, 0.4) is 0 Å². The highest BCUT2D eigenvalue weighted by molar-refractivity contribution is 5.87. The Morgan fingerprint density at radius 2 is 2.25 bits per heavy atom. The largest absolute Gasteiger partial charge is 0.387 e. The lowest BCUT2D eigenvalue weighted by Gasteiger charge is -2.40. The number of aliphatic hydroxyl groups is 1. The number of anilines is 1. The molecular formula is C15H20N4O. The number of fused-ring (bicyclic) bond motifs is 1. The van der Waals surface area contributed by atoms with Gasteiger partial charge in [-0.25, -0.2) is 0 Å². The van der Waals surface area contributed by atoms with E-state index in [0.717, 1.165) is 36.1 Å². The van der Waals surface area contributed by atoms with Crippen molar-refractivity contribution in [3.05, 3.63) is 30.6 Å². The van der Waals surface area contributed by atoms with Gasteiger partial charge in [0.2, 0.25) is 0 Å². The zero-order chi connectivity index (χ0) is 14.0. The number of pyridine rings is 2. The molecule has 0 amide bonds. The quantitative estimate of drug-likeness (QED) is 0.878. The van der Waals surface area contributed by atoms with Gasteiger partial charge in [-0.3, -0.25) is 9.97 Å². The van der Waals surface area contributed by atoms with Crippen LogP contribution in [0.15, 0.2) is 30.6 Å². The van der Waals surface area contributed by atoms with Crippen molar-refractivity contribution in [2.24, 2.45) is 0 Å². The van der Waals surface area contributed by atoms with Crippen molar-refractivity contribution in [1.29, 1.82) is 0 Å². The molecule has 106 valence electrons. The van der Waals surface area contributed by atoms with E-state index in [1.807, 2.05) is 31.4 Å². The van der Waals surface area contributed by atoms with Crippen LogP contribution in [-0.4, -0.2) is 47.4 Å². The van der Waals surface area contributed by atoms with E-state index in [1.165, 1.54) is 0 Å².